The van der Waals surface area contributed by atoms with E-state index in [2.05, 4.69) is 10.6 Å². The Hall–Kier alpha value is -1.43. The molecule has 0 saturated heterocycles. The molecule has 0 aliphatic carbocycles. The van der Waals surface area contributed by atoms with Gasteiger partial charge in [0.05, 0.1) is 0 Å². The van der Waals surface area contributed by atoms with E-state index in [0.29, 0.717) is 11.3 Å². The predicted molar refractivity (Wildman–Crippen MR) is 67.8 cm³/mol. The van der Waals surface area contributed by atoms with Crippen LogP contribution < -0.4 is 10.6 Å². The smallest absolute Gasteiger partial charge is 0.406 e. The lowest BCUT2D eigenvalue weighted by Gasteiger charge is -2.20. The van der Waals surface area contributed by atoms with Crippen molar-refractivity contribution in [2.24, 2.45) is 0 Å². The molecule has 6 heteroatoms. The van der Waals surface area contributed by atoms with E-state index in [1.165, 1.54) is 17.8 Å². The van der Waals surface area contributed by atoms with Gasteiger partial charge in [-0.2, -0.15) is 0 Å². The highest BCUT2D eigenvalue weighted by molar-refractivity contribution is 7.99. The summed E-state index contributed by atoms with van der Waals surface area (Å²) >= 11 is 1.39. The van der Waals surface area contributed by atoms with Crippen LogP contribution in [-0.2, 0) is 0 Å². The number of carboxylic acid groups (broad SMARTS) is 1. The molecule has 1 rings (SSSR count). The molecule has 0 aliphatic heterocycles. The third-order valence-electron chi connectivity index (χ3n) is 2.14. The standard InChI is InChI=1S/C11H15FN2O2S/c1-3-17-10(14-11(15)16)13-9-6-4-5-8(12)7(9)2/h4-6,10,13-14H,3H2,1-2H3,(H,15,16). The van der Waals surface area contributed by atoms with Crippen LogP contribution in [0.25, 0.3) is 0 Å². The SMILES string of the molecule is CCSC(NC(=O)O)Nc1cccc(F)c1C. The molecular weight excluding hydrogens is 243 g/mol. The maximum atomic E-state index is 13.3. The Labute approximate surface area is 104 Å². The number of amides is 1. The largest absolute Gasteiger partial charge is 0.465 e. The first kappa shape index (κ1) is 13.6. The van der Waals surface area contributed by atoms with E-state index in [-0.39, 0.29) is 5.82 Å². The highest BCUT2D eigenvalue weighted by atomic mass is 32.2. The third-order valence-corrected chi connectivity index (χ3v) is 3.04. The van der Waals surface area contributed by atoms with Gasteiger partial charge in [0, 0.05) is 11.3 Å². The molecule has 1 aromatic rings. The van der Waals surface area contributed by atoms with E-state index in [4.69, 9.17) is 5.11 Å². The van der Waals surface area contributed by atoms with Gasteiger partial charge in [0.15, 0.2) is 5.50 Å². The highest BCUT2D eigenvalue weighted by Crippen LogP contribution is 2.20. The quantitative estimate of drug-likeness (QED) is 0.711. The van der Waals surface area contributed by atoms with Crippen molar-refractivity contribution < 1.29 is 14.3 Å². The van der Waals surface area contributed by atoms with E-state index in [1.54, 1.807) is 19.1 Å². The molecule has 0 radical (unpaired) electrons. The first-order valence-electron chi connectivity index (χ1n) is 5.17. The number of hydrogen-bond donors (Lipinski definition) is 3. The van der Waals surface area contributed by atoms with E-state index < -0.39 is 11.6 Å². The van der Waals surface area contributed by atoms with E-state index >= 15 is 0 Å². The van der Waals surface area contributed by atoms with E-state index in [1.807, 2.05) is 6.92 Å². The number of carbonyl (C=O) groups is 1. The van der Waals surface area contributed by atoms with Crippen LogP contribution in [-0.4, -0.2) is 22.5 Å². The third kappa shape index (κ3) is 4.14. The Morgan fingerprint density at radius 3 is 2.88 bits per heavy atom. The molecule has 94 valence electrons. The van der Waals surface area contributed by atoms with E-state index in [9.17, 15) is 9.18 Å². The zero-order valence-corrected chi connectivity index (χ0v) is 10.5. The van der Waals surface area contributed by atoms with Crippen LogP contribution in [0.4, 0.5) is 14.9 Å². The van der Waals surface area contributed by atoms with Gasteiger partial charge in [-0.25, -0.2) is 9.18 Å². The molecule has 0 saturated carbocycles. The van der Waals surface area contributed by atoms with Crippen LogP contribution in [0.3, 0.4) is 0 Å². The minimum absolute atomic E-state index is 0.314. The predicted octanol–water partition coefficient (Wildman–Crippen LogP) is 2.85. The summed E-state index contributed by atoms with van der Waals surface area (Å²) < 4.78 is 13.3. The van der Waals surface area contributed by atoms with Crippen molar-refractivity contribution in [2.75, 3.05) is 11.1 Å². The first-order chi connectivity index (χ1) is 8.04. The molecule has 1 atom stereocenters. The van der Waals surface area contributed by atoms with Crippen LogP contribution in [0.2, 0.25) is 0 Å². The van der Waals surface area contributed by atoms with Gasteiger partial charge in [-0.05, 0) is 24.8 Å². The zero-order valence-electron chi connectivity index (χ0n) is 9.66. The summed E-state index contributed by atoms with van der Waals surface area (Å²) in [6.45, 7) is 3.56. The van der Waals surface area contributed by atoms with Gasteiger partial charge >= 0.3 is 6.09 Å². The second-order valence-electron chi connectivity index (χ2n) is 3.34. The van der Waals surface area contributed by atoms with Crippen molar-refractivity contribution in [1.82, 2.24) is 5.32 Å². The van der Waals surface area contributed by atoms with Crippen molar-refractivity contribution in [2.45, 2.75) is 19.3 Å². The van der Waals surface area contributed by atoms with Crippen LogP contribution in [0, 0.1) is 12.7 Å². The number of nitrogens with one attached hydrogen (secondary N) is 2. The fourth-order valence-corrected chi connectivity index (χ4v) is 2.03. The van der Waals surface area contributed by atoms with Crippen LogP contribution in [0.15, 0.2) is 18.2 Å². The lowest BCUT2D eigenvalue weighted by Crippen LogP contribution is -2.37. The Bertz CT molecular complexity index is 401. The van der Waals surface area contributed by atoms with Crippen LogP contribution >= 0.6 is 11.8 Å². The summed E-state index contributed by atoms with van der Waals surface area (Å²) in [5.41, 5.74) is 0.573. The highest BCUT2D eigenvalue weighted by Gasteiger charge is 2.12. The van der Waals surface area contributed by atoms with Crippen molar-refractivity contribution in [3.63, 3.8) is 0 Å². The number of hydrogen-bond acceptors (Lipinski definition) is 3. The number of anilines is 1. The van der Waals surface area contributed by atoms with Gasteiger partial charge in [-0.3, -0.25) is 5.32 Å². The zero-order chi connectivity index (χ0) is 12.8. The second kappa shape index (κ2) is 6.34. The molecule has 1 amide bonds. The monoisotopic (exact) mass is 258 g/mol. The average Bonchev–Trinajstić information content (AvgIpc) is 2.24. The molecule has 4 nitrogen and oxygen atoms in total. The summed E-state index contributed by atoms with van der Waals surface area (Å²) in [5.74, 6) is 0.428. The average molecular weight is 258 g/mol. The van der Waals surface area contributed by atoms with Crippen molar-refractivity contribution in [3.05, 3.63) is 29.6 Å². The first-order valence-corrected chi connectivity index (χ1v) is 6.22. The van der Waals surface area contributed by atoms with Crippen molar-refractivity contribution in [3.8, 4) is 0 Å². The molecule has 3 N–H and O–H groups in total. The van der Waals surface area contributed by atoms with E-state index in [0.717, 1.165) is 5.75 Å². The van der Waals surface area contributed by atoms with Gasteiger partial charge in [-0.1, -0.05) is 13.0 Å². The molecule has 0 aromatic heterocycles. The molecule has 0 fully saturated rings. The maximum absolute atomic E-state index is 13.3. The summed E-state index contributed by atoms with van der Waals surface area (Å²) in [6, 6.07) is 4.66. The minimum Gasteiger partial charge on any atom is -0.465 e. The Morgan fingerprint density at radius 1 is 1.59 bits per heavy atom. The number of halogens is 1. The summed E-state index contributed by atoms with van der Waals surface area (Å²) in [6.07, 6.45) is -1.11. The van der Waals surface area contributed by atoms with Gasteiger partial charge in [0.1, 0.15) is 5.82 Å². The summed E-state index contributed by atoms with van der Waals surface area (Å²) in [4.78, 5) is 10.6. The van der Waals surface area contributed by atoms with Gasteiger partial charge < -0.3 is 10.4 Å². The molecule has 0 bridgehead atoms. The molecule has 1 unspecified atom stereocenters. The van der Waals surface area contributed by atoms with Gasteiger partial charge in [0.2, 0.25) is 0 Å². The molecule has 1 aromatic carbocycles. The van der Waals surface area contributed by atoms with Gasteiger partial charge in [-0.15, -0.1) is 11.8 Å². The van der Waals surface area contributed by atoms with Crippen LogP contribution in [0.5, 0.6) is 0 Å². The fraction of sp³-hybridized carbons (Fsp3) is 0.364. The van der Waals surface area contributed by atoms with Crippen molar-refractivity contribution in [1.29, 1.82) is 0 Å². The van der Waals surface area contributed by atoms with Gasteiger partial charge in [0.25, 0.3) is 0 Å². The fourth-order valence-electron chi connectivity index (χ4n) is 1.30. The molecular formula is C11H15FN2O2S. The lowest BCUT2D eigenvalue weighted by molar-refractivity contribution is 0.194. The minimum atomic E-state index is -1.11. The second-order valence-corrected chi connectivity index (χ2v) is 4.72. The Morgan fingerprint density at radius 2 is 2.29 bits per heavy atom. The Kier molecular flexibility index (Phi) is 5.09. The summed E-state index contributed by atoms with van der Waals surface area (Å²) in [5, 5.41) is 13.9. The maximum Gasteiger partial charge on any atom is 0.406 e. The Balaban J connectivity index is 2.78. The number of rotatable bonds is 5. The molecule has 0 heterocycles. The lowest BCUT2D eigenvalue weighted by atomic mass is 10.2. The number of thioether (sulfide) groups is 1. The summed E-state index contributed by atoms with van der Waals surface area (Å²) in [7, 11) is 0. The topological polar surface area (TPSA) is 61.4 Å². The van der Waals surface area contributed by atoms with Crippen LogP contribution in [0.1, 0.15) is 12.5 Å². The number of benzene rings is 1. The normalized spacial score (nSPS) is 11.9. The molecule has 0 aliphatic rings. The molecule has 17 heavy (non-hydrogen) atoms. The molecule has 0 spiro atoms. The van der Waals surface area contributed by atoms with Crippen molar-refractivity contribution >= 4 is 23.5 Å².